The fourth-order valence-electron chi connectivity index (χ4n) is 8.06. The van der Waals surface area contributed by atoms with Gasteiger partial charge in [0.15, 0.2) is 6.10 Å². The summed E-state index contributed by atoms with van der Waals surface area (Å²) >= 11 is 0. The Bertz CT molecular complexity index is 1570. The average Bonchev–Trinajstić information content (AvgIpc) is 3.36. The maximum atomic E-state index is 12.8. The van der Waals surface area contributed by atoms with Crippen LogP contribution in [0, 0.1) is 0 Å². The number of carbonyl (C=O) groups excluding carboxylic acids is 2. The lowest BCUT2D eigenvalue weighted by atomic mass is 10.0. The lowest BCUT2D eigenvalue weighted by molar-refractivity contribution is -0.870. The largest absolute Gasteiger partial charge is 0.472 e. The normalized spacial score (nSPS) is 14.0. The predicted molar refractivity (Wildman–Crippen MR) is 316 cm³/mol. The number of esters is 2. The first kappa shape index (κ1) is 70.9. The highest BCUT2D eigenvalue weighted by Crippen LogP contribution is 2.43. The van der Waals surface area contributed by atoms with Gasteiger partial charge >= 0.3 is 19.8 Å². The molecule has 0 aliphatic carbocycles. The smallest absolute Gasteiger partial charge is 0.462 e. The van der Waals surface area contributed by atoms with Crippen LogP contribution >= 0.6 is 7.82 Å². The quantitative estimate of drug-likeness (QED) is 0.0211. The molecule has 0 saturated heterocycles. The van der Waals surface area contributed by atoms with Crippen molar-refractivity contribution >= 4 is 19.8 Å². The fraction of sp³-hybridized carbons (Fsp3) is 0.719. The van der Waals surface area contributed by atoms with Crippen molar-refractivity contribution in [1.82, 2.24) is 0 Å². The van der Waals surface area contributed by atoms with E-state index in [4.69, 9.17) is 18.5 Å². The van der Waals surface area contributed by atoms with Crippen LogP contribution < -0.4 is 0 Å². The second kappa shape index (κ2) is 54.7. The molecule has 10 heteroatoms. The van der Waals surface area contributed by atoms with E-state index in [2.05, 4.69) is 111 Å². The van der Waals surface area contributed by atoms with Gasteiger partial charge in [-0.1, -0.05) is 239 Å². The van der Waals surface area contributed by atoms with Crippen molar-refractivity contribution in [2.24, 2.45) is 0 Å². The molecule has 0 aromatic rings. The molecule has 2 atom stereocenters. The summed E-state index contributed by atoms with van der Waals surface area (Å²) in [4.78, 5) is 35.7. The maximum absolute atomic E-state index is 12.8. The van der Waals surface area contributed by atoms with Crippen LogP contribution in [-0.2, 0) is 32.7 Å². The van der Waals surface area contributed by atoms with E-state index in [0.717, 1.165) is 103 Å². The molecule has 0 fully saturated rings. The van der Waals surface area contributed by atoms with Gasteiger partial charge in [0.1, 0.15) is 19.8 Å². The molecule has 0 aromatic carbocycles. The van der Waals surface area contributed by atoms with E-state index >= 15 is 0 Å². The Kier molecular flexibility index (Phi) is 52.4. The lowest BCUT2D eigenvalue weighted by Gasteiger charge is -2.24. The number of phosphoric ester groups is 1. The van der Waals surface area contributed by atoms with E-state index in [9.17, 15) is 19.0 Å². The summed E-state index contributed by atoms with van der Waals surface area (Å²) in [6.07, 6.45) is 74.9. The van der Waals surface area contributed by atoms with Gasteiger partial charge in [0, 0.05) is 12.8 Å². The Balaban J connectivity index is 4.07. The van der Waals surface area contributed by atoms with Gasteiger partial charge in [-0.15, -0.1) is 0 Å². The van der Waals surface area contributed by atoms with Gasteiger partial charge in [-0.3, -0.25) is 18.6 Å². The first-order chi connectivity index (χ1) is 36.0. The fourth-order valence-corrected chi connectivity index (χ4v) is 8.80. The Morgan fingerprint density at radius 3 is 1.08 bits per heavy atom. The number of unbranched alkanes of at least 4 members (excludes halogenated alkanes) is 24. The minimum Gasteiger partial charge on any atom is -0.462 e. The third-order valence-corrected chi connectivity index (χ3v) is 13.6. The Labute approximate surface area is 455 Å². The van der Waals surface area contributed by atoms with Gasteiger partial charge in [0.25, 0.3) is 0 Å². The highest BCUT2D eigenvalue weighted by Gasteiger charge is 2.27. The van der Waals surface area contributed by atoms with Crippen molar-refractivity contribution in [3.8, 4) is 0 Å². The first-order valence-corrected chi connectivity index (χ1v) is 31.5. The van der Waals surface area contributed by atoms with Gasteiger partial charge in [-0.05, 0) is 89.9 Å². The molecule has 0 rings (SSSR count). The van der Waals surface area contributed by atoms with E-state index in [1.165, 1.54) is 109 Å². The van der Waals surface area contributed by atoms with Crippen LogP contribution in [0.2, 0.25) is 0 Å². The zero-order valence-electron chi connectivity index (χ0n) is 48.3. The third-order valence-electron chi connectivity index (χ3n) is 12.6. The number of rotatable bonds is 54. The molecular formula is C64H113NO8P+. The first-order valence-electron chi connectivity index (χ1n) is 30.0. The van der Waals surface area contributed by atoms with Crippen LogP contribution in [0.5, 0.6) is 0 Å². The molecule has 0 spiro atoms. The summed E-state index contributed by atoms with van der Waals surface area (Å²) in [5.74, 6) is -0.807. The topological polar surface area (TPSA) is 108 Å². The molecule has 426 valence electrons. The number of ether oxygens (including phenoxy) is 2. The van der Waals surface area contributed by atoms with Crippen LogP contribution in [-0.4, -0.2) is 74.9 Å². The van der Waals surface area contributed by atoms with E-state index in [1.807, 2.05) is 21.1 Å². The van der Waals surface area contributed by atoms with Crippen LogP contribution in [0.25, 0.3) is 0 Å². The molecule has 0 amide bonds. The molecule has 74 heavy (non-hydrogen) atoms. The summed E-state index contributed by atoms with van der Waals surface area (Å²) in [7, 11) is 1.47. The SMILES string of the molecule is CC/C=C\C/C=C\C/C=C\C/C=C\C/C=C\CCCCCCCCCCCCCCCCCCCC(=O)OC(COC(=O)CCCCCCCCC/C=C\C/C=C\C/C=C\CC)COP(=O)(O)OCC[N+](C)(C)C. The summed E-state index contributed by atoms with van der Waals surface area (Å²) in [5.41, 5.74) is 0. The van der Waals surface area contributed by atoms with Gasteiger partial charge in [0.2, 0.25) is 0 Å². The van der Waals surface area contributed by atoms with Crippen LogP contribution in [0.3, 0.4) is 0 Å². The molecule has 0 heterocycles. The number of hydrogen-bond donors (Lipinski definition) is 1. The number of allylic oxidation sites excluding steroid dienone is 16. The zero-order valence-corrected chi connectivity index (χ0v) is 49.2. The molecule has 0 saturated carbocycles. The summed E-state index contributed by atoms with van der Waals surface area (Å²) < 4.78 is 34.6. The summed E-state index contributed by atoms with van der Waals surface area (Å²) in [5, 5.41) is 0. The molecule has 0 aromatic heterocycles. The van der Waals surface area contributed by atoms with E-state index < -0.39 is 26.5 Å². The van der Waals surface area contributed by atoms with Gasteiger partial charge in [-0.25, -0.2) is 4.57 Å². The van der Waals surface area contributed by atoms with Crippen molar-refractivity contribution in [1.29, 1.82) is 0 Å². The zero-order chi connectivity index (χ0) is 54.2. The van der Waals surface area contributed by atoms with Crippen LogP contribution in [0.1, 0.15) is 245 Å². The minimum absolute atomic E-state index is 0.0269. The van der Waals surface area contributed by atoms with Crippen LogP contribution in [0.15, 0.2) is 97.2 Å². The number of phosphoric acid groups is 1. The predicted octanol–water partition coefficient (Wildman–Crippen LogP) is 18.8. The van der Waals surface area contributed by atoms with E-state index in [0.29, 0.717) is 17.4 Å². The molecular weight excluding hydrogens is 942 g/mol. The Hall–Kier alpha value is -3.07. The standard InChI is InChI=1S/C64H112NO8P/c1-6-8-10-12-14-16-18-20-22-24-25-26-27-28-29-30-31-32-33-34-35-36-37-38-39-41-43-45-47-49-51-53-55-57-64(67)73-62(61-72-74(68,69)71-59-58-65(3,4)5)60-70-63(66)56-54-52-50-48-46-44-42-40-23-21-19-17-15-13-11-9-7-2/h8-11,14-17,20-23,25-26,28-29,62H,6-7,12-13,18-19,24,27,30-61H2,1-5H3/p+1/b10-8-,11-9-,16-14-,17-15-,22-20-,23-21-,26-25-,29-28-. The molecule has 9 nitrogen and oxygen atoms in total. The monoisotopic (exact) mass is 1050 g/mol. The second-order valence-electron chi connectivity index (χ2n) is 21.0. The van der Waals surface area contributed by atoms with Crippen molar-refractivity contribution in [3.63, 3.8) is 0 Å². The summed E-state index contributed by atoms with van der Waals surface area (Å²) in [6.45, 7) is 4.21. The molecule has 0 aliphatic rings. The minimum atomic E-state index is -4.39. The molecule has 0 bridgehead atoms. The van der Waals surface area contributed by atoms with Crippen molar-refractivity contribution < 1.29 is 42.1 Å². The van der Waals surface area contributed by atoms with E-state index in [-0.39, 0.29) is 32.0 Å². The Morgan fingerprint density at radius 2 is 0.730 bits per heavy atom. The van der Waals surface area contributed by atoms with E-state index in [1.54, 1.807) is 0 Å². The second-order valence-corrected chi connectivity index (χ2v) is 22.4. The highest BCUT2D eigenvalue weighted by molar-refractivity contribution is 7.47. The third kappa shape index (κ3) is 58.2. The lowest BCUT2D eigenvalue weighted by Crippen LogP contribution is -2.37. The van der Waals surface area contributed by atoms with Gasteiger partial charge < -0.3 is 18.9 Å². The van der Waals surface area contributed by atoms with Crippen molar-refractivity contribution in [2.75, 3.05) is 47.5 Å². The molecule has 2 unspecified atom stereocenters. The van der Waals surface area contributed by atoms with Crippen molar-refractivity contribution in [2.45, 2.75) is 251 Å². The molecule has 1 N–H and O–H groups in total. The van der Waals surface area contributed by atoms with Crippen LogP contribution in [0.4, 0.5) is 0 Å². The Morgan fingerprint density at radius 1 is 0.419 bits per heavy atom. The molecule has 0 aliphatic heterocycles. The van der Waals surface area contributed by atoms with Gasteiger partial charge in [-0.2, -0.15) is 0 Å². The van der Waals surface area contributed by atoms with Crippen molar-refractivity contribution in [3.05, 3.63) is 97.2 Å². The molecule has 0 radical (unpaired) electrons. The number of likely N-dealkylation sites (N-methyl/N-ethyl adjacent to an activating group) is 1. The average molecular weight is 1060 g/mol. The maximum Gasteiger partial charge on any atom is 0.472 e. The number of nitrogens with zero attached hydrogens (tertiary/aromatic N) is 1. The number of hydrogen-bond acceptors (Lipinski definition) is 7. The highest BCUT2D eigenvalue weighted by atomic mass is 31.2. The summed E-state index contributed by atoms with van der Waals surface area (Å²) in [6, 6.07) is 0. The number of quaternary nitrogens is 1. The number of carbonyl (C=O) groups is 2. The van der Waals surface area contributed by atoms with Gasteiger partial charge in [0.05, 0.1) is 27.7 Å².